The quantitative estimate of drug-likeness (QED) is 0.0262. The number of allylic oxidation sites excluding steroid dienone is 10. The van der Waals surface area contributed by atoms with Gasteiger partial charge in [0.15, 0.2) is 6.10 Å². The molecule has 6 nitrogen and oxygen atoms in total. The van der Waals surface area contributed by atoms with Crippen LogP contribution in [0.5, 0.6) is 0 Å². The second-order valence-electron chi connectivity index (χ2n) is 19.6. The maximum Gasteiger partial charge on any atom is 0.306 e. The predicted octanol–water partition coefficient (Wildman–Crippen LogP) is 19.6. The van der Waals surface area contributed by atoms with Gasteiger partial charge in [-0.2, -0.15) is 0 Å². The third kappa shape index (κ3) is 54.1. The van der Waals surface area contributed by atoms with Gasteiger partial charge >= 0.3 is 17.9 Å². The standard InChI is InChI=1S/C62H110O6/c1-4-7-10-13-16-19-22-25-28-31-34-37-40-43-46-49-52-55-61(64)67-58-59(57-66-60(63)54-51-48-45-42-39-36-33-30-27-24-21-18-15-12-9-6-3)68-62(65)56-53-50-47-44-41-38-35-32-29-26-23-20-17-14-11-8-5-2/h16-17,19-20,25-26,28-29,34,37,59H,4-15,18,21-24,27,30-33,35-36,38-58H2,1-3H3/b19-16+,20-17+,28-25+,29-26+,37-34+/t59-/m1/s1. The average molecular weight is 952 g/mol. The topological polar surface area (TPSA) is 78.9 Å². The summed E-state index contributed by atoms with van der Waals surface area (Å²) in [4.78, 5) is 38.2. The molecule has 0 unspecified atom stereocenters. The van der Waals surface area contributed by atoms with Crippen LogP contribution < -0.4 is 0 Å². The number of rotatable bonds is 53. The van der Waals surface area contributed by atoms with Gasteiger partial charge in [0.1, 0.15) is 13.2 Å². The Balaban J connectivity index is 4.41. The second-order valence-corrected chi connectivity index (χ2v) is 19.6. The zero-order chi connectivity index (χ0) is 49.3. The van der Waals surface area contributed by atoms with E-state index in [1.54, 1.807) is 0 Å². The van der Waals surface area contributed by atoms with Crippen molar-refractivity contribution in [2.45, 2.75) is 303 Å². The molecule has 0 bridgehead atoms. The fraction of sp³-hybridized carbons (Fsp3) is 0.790. The van der Waals surface area contributed by atoms with E-state index in [0.29, 0.717) is 19.3 Å². The molecule has 0 spiro atoms. The van der Waals surface area contributed by atoms with Crippen LogP contribution in [-0.4, -0.2) is 37.2 Å². The minimum atomic E-state index is -0.786. The molecule has 0 radical (unpaired) electrons. The first-order chi connectivity index (χ1) is 33.5. The van der Waals surface area contributed by atoms with Gasteiger partial charge in [0, 0.05) is 19.3 Å². The number of carbonyl (C=O) groups is 3. The van der Waals surface area contributed by atoms with E-state index in [0.717, 1.165) is 96.3 Å². The van der Waals surface area contributed by atoms with E-state index in [2.05, 4.69) is 81.5 Å². The number of hydrogen-bond donors (Lipinski definition) is 0. The van der Waals surface area contributed by atoms with E-state index in [4.69, 9.17) is 14.2 Å². The van der Waals surface area contributed by atoms with Crippen molar-refractivity contribution in [1.82, 2.24) is 0 Å². The molecule has 0 aromatic carbocycles. The molecule has 0 saturated heterocycles. The number of hydrogen-bond acceptors (Lipinski definition) is 6. The van der Waals surface area contributed by atoms with E-state index < -0.39 is 6.10 Å². The molecule has 1 atom stereocenters. The van der Waals surface area contributed by atoms with Crippen LogP contribution in [-0.2, 0) is 28.6 Å². The van der Waals surface area contributed by atoms with Crippen LogP contribution in [0.25, 0.3) is 0 Å². The van der Waals surface area contributed by atoms with Crippen LogP contribution in [0.1, 0.15) is 297 Å². The third-order valence-corrected chi connectivity index (χ3v) is 12.7. The molecule has 6 heteroatoms. The Morgan fingerprint density at radius 2 is 0.529 bits per heavy atom. The lowest BCUT2D eigenvalue weighted by molar-refractivity contribution is -0.167. The minimum absolute atomic E-state index is 0.0822. The monoisotopic (exact) mass is 951 g/mol. The largest absolute Gasteiger partial charge is 0.462 e. The van der Waals surface area contributed by atoms with Crippen LogP contribution in [0.2, 0.25) is 0 Å². The molecule has 0 aliphatic rings. The Kier molecular flexibility index (Phi) is 54.3. The zero-order valence-corrected chi connectivity index (χ0v) is 45.1. The number of unbranched alkanes of at least 4 members (excludes halogenated alkanes) is 32. The first kappa shape index (κ1) is 65.1. The predicted molar refractivity (Wildman–Crippen MR) is 293 cm³/mol. The SMILES string of the molecule is CCCCC/C=C/C/C=C/C/C=C/CCCCCCC(=O)OC[C@@H](COC(=O)CCCCCCCCCCCCCCCCCC)OC(=O)CCCCCCCCC/C=C/C/C=C/CCCCC. The van der Waals surface area contributed by atoms with Gasteiger partial charge in [-0.3, -0.25) is 14.4 Å². The Morgan fingerprint density at radius 3 is 0.853 bits per heavy atom. The van der Waals surface area contributed by atoms with Gasteiger partial charge in [0.05, 0.1) is 0 Å². The van der Waals surface area contributed by atoms with E-state index in [9.17, 15) is 14.4 Å². The molecular formula is C62H110O6. The highest BCUT2D eigenvalue weighted by Gasteiger charge is 2.19. The van der Waals surface area contributed by atoms with Crippen LogP contribution in [0.3, 0.4) is 0 Å². The number of carbonyl (C=O) groups excluding carboxylic acids is 3. The molecular weight excluding hydrogens is 841 g/mol. The summed E-state index contributed by atoms with van der Waals surface area (Å²) in [6.07, 6.45) is 70.6. The van der Waals surface area contributed by atoms with Crippen molar-refractivity contribution >= 4 is 17.9 Å². The summed E-state index contributed by atoms with van der Waals surface area (Å²) in [6, 6.07) is 0. The smallest absolute Gasteiger partial charge is 0.306 e. The lowest BCUT2D eigenvalue weighted by atomic mass is 10.0. The third-order valence-electron chi connectivity index (χ3n) is 12.7. The summed E-state index contributed by atoms with van der Waals surface area (Å²) in [6.45, 7) is 6.59. The summed E-state index contributed by atoms with van der Waals surface area (Å²) < 4.78 is 16.9. The Bertz CT molecular complexity index is 1230. The lowest BCUT2D eigenvalue weighted by Crippen LogP contribution is -2.30. The lowest BCUT2D eigenvalue weighted by Gasteiger charge is -2.18. The molecule has 0 aliphatic heterocycles. The summed E-state index contributed by atoms with van der Waals surface area (Å²) >= 11 is 0. The highest BCUT2D eigenvalue weighted by atomic mass is 16.6. The molecule has 0 aromatic heterocycles. The average Bonchev–Trinajstić information content (AvgIpc) is 3.34. The van der Waals surface area contributed by atoms with Crippen LogP contribution in [0.15, 0.2) is 60.8 Å². The van der Waals surface area contributed by atoms with E-state index in [1.807, 2.05) is 0 Å². The van der Waals surface area contributed by atoms with Gasteiger partial charge in [0.2, 0.25) is 0 Å². The van der Waals surface area contributed by atoms with Crippen molar-refractivity contribution in [1.29, 1.82) is 0 Å². The summed E-state index contributed by atoms with van der Waals surface area (Å²) in [5.74, 6) is -0.899. The molecule has 0 fully saturated rings. The normalized spacial score (nSPS) is 12.5. The Hall–Kier alpha value is -2.89. The Labute approximate surface area is 421 Å². The van der Waals surface area contributed by atoms with Crippen LogP contribution >= 0.6 is 0 Å². The highest BCUT2D eigenvalue weighted by Crippen LogP contribution is 2.16. The molecule has 0 aliphatic carbocycles. The van der Waals surface area contributed by atoms with Gasteiger partial charge in [-0.05, 0) is 89.9 Å². The molecule has 0 rings (SSSR count). The van der Waals surface area contributed by atoms with Gasteiger partial charge in [-0.25, -0.2) is 0 Å². The van der Waals surface area contributed by atoms with Crippen LogP contribution in [0, 0.1) is 0 Å². The minimum Gasteiger partial charge on any atom is -0.462 e. The summed E-state index contributed by atoms with van der Waals surface area (Å²) in [5, 5.41) is 0. The van der Waals surface area contributed by atoms with Crippen molar-refractivity contribution < 1.29 is 28.6 Å². The van der Waals surface area contributed by atoms with Crippen molar-refractivity contribution in [3.8, 4) is 0 Å². The molecule has 0 saturated carbocycles. The van der Waals surface area contributed by atoms with Gasteiger partial charge in [-0.15, -0.1) is 0 Å². The van der Waals surface area contributed by atoms with Crippen molar-refractivity contribution in [3.05, 3.63) is 60.8 Å². The highest BCUT2D eigenvalue weighted by molar-refractivity contribution is 5.71. The molecule has 68 heavy (non-hydrogen) atoms. The first-order valence-corrected chi connectivity index (χ1v) is 29.3. The number of ether oxygens (including phenoxy) is 3. The van der Waals surface area contributed by atoms with Gasteiger partial charge < -0.3 is 14.2 Å². The Morgan fingerprint density at radius 1 is 0.294 bits per heavy atom. The van der Waals surface area contributed by atoms with Gasteiger partial charge in [-0.1, -0.05) is 248 Å². The molecule has 0 heterocycles. The van der Waals surface area contributed by atoms with E-state index >= 15 is 0 Å². The summed E-state index contributed by atoms with van der Waals surface area (Å²) in [5.41, 5.74) is 0. The molecule has 394 valence electrons. The molecule has 0 aromatic rings. The maximum atomic E-state index is 12.9. The fourth-order valence-corrected chi connectivity index (χ4v) is 8.30. The second kappa shape index (κ2) is 56.7. The number of esters is 3. The van der Waals surface area contributed by atoms with Crippen molar-refractivity contribution in [2.75, 3.05) is 13.2 Å². The van der Waals surface area contributed by atoms with E-state index in [-0.39, 0.29) is 31.1 Å². The van der Waals surface area contributed by atoms with Gasteiger partial charge in [0.25, 0.3) is 0 Å². The van der Waals surface area contributed by atoms with Crippen molar-refractivity contribution in [3.63, 3.8) is 0 Å². The fourth-order valence-electron chi connectivity index (χ4n) is 8.30. The first-order valence-electron chi connectivity index (χ1n) is 29.3. The van der Waals surface area contributed by atoms with Crippen molar-refractivity contribution in [2.24, 2.45) is 0 Å². The summed E-state index contributed by atoms with van der Waals surface area (Å²) in [7, 11) is 0. The molecule has 0 N–H and O–H groups in total. The zero-order valence-electron chi connectivity index (χ0n) is 45.1. The maximum absolute atomic E-state index is 12.9. The molecule has 0 amide bonds. The van der Waals surface area contributed by atoms with Crippen LogP contribution in [0.4, 0.5) is 0 Å². The van der Waals surface area contributed by atoms with E-state index in [1.165, 1.54) is 161 Å².